The van der Waals surface area contributed by atoms with E-state index in [0.717, 1.165) is 37.9 Å². The normalized spacial score (nSPS) is 15.2. The van der Waals surface area contributed by atoms with E-state index in [1.165, 1.54) is 11.1 Å². The molecule has 1 amide bonds. The SMILES string of the molecule is CCc1cccc(C2CCN(C(=O)c3cc4c(B(O)O)cccc4[nH]3)CC2)c1. The predicted molar refractivity (Wildman–Crippen MR) is 112 cm³/mol. The topological polar surface area (TPSA) is 76.6 Å². The Kier molecular flexibility index (Phi) is 5.24. The van der Waals surface area contributed by atoms with Gasteiger partial charge in [-0.15, -0.1) is 0 Å². The van der Waals surface area contributed by atoms with Gasteiger partial charge in [-0.05, 0) is 59.3 Å². The number of benzene rings is 2. The summed E-state index contributed by atoms with van der Waals surface area (Å²) in [4.78, 5) is 18.0. The van der Waals surface area contributed by atoms with E-state index in [-0.39, 0.29) is 5.91 Å². The molecule has 4 rings (SSSR count). The minimum absolute atomic E-state index is 0.0321. The van der Waals surface area contributed by atoms with Crippen molar-refractivity contribution in [2.45, 2.75) is 32.1 Å². The molecule has 28 heavy (non-hydrogen) atoms. The van der Waals surface area contributed by atoms with Gasteiger partial charge in [0.15, 0.2) is 0 Å². The summed E-state index contributed by atoms with van der Waals surface area (Å²) in [5.74, 6) is 0.463. The number of piperidine rings is 1. The van der Waals surface area contributed by atoms with Crippen LogP contribution in [0.2, 0.25) is 0 Å². The van der Waals surface area contributed by atoms with E-state index in [1.54, 1.807) is 18.2 Å². The van der Waals surface area contributed by atoms with E-state index in [1.807, 2.05) is 11.0 Å². The monoisotopic (exact) mass is 376 g/mol. The highest BCUT2D eigenvalue weighted by atomic mass is 16.4. The minimum Gasteiger partial charge on any atom is -0.423 e. The smallest absolute Gasteiger partial charge is 0.423 e. The van der Waals surface area contributed by atoms with Crippen LogP contribution in [0, 0.1) is 0 Å². The molecular weight excluding hydrogens is 351 g/mol. The summed E-state index contributed by atoms with van der Waals surface area (Å²) in [6.07, 6.45) is 2.95. The van der Waals surface area contributed by atoms with Crippen LogP contribution in [0.1, 0.15) is 47.3 Å². The molecule has 0 radical (unpaired) electrons. The first-order valence-corrected chi connectivity index (χ1v) is 9.92. The molecule has 144 valence electrons. The lowest BCUT2D eigenvalue weighted by atomic mass is 9.78. The number of aryl methyl sites for hydroxylation is 1. The lowest BCUT2D eigenvalue weighted by molar-refractivity contribution is 0.0708. The zero-order chi connectivity index (χ0) is 19.7. The van der Waals surface area contributed by atoms with Crippen LogP contribution in [-0.4, -0.2) is 46.0 Å². The Hall–Kier alpha value is -2.57. The summed E-state index contributed by atoms with van der Waals surface area (Å²) >= 11 is 0. The van der Waals surface area contributed by atoms with Gasteiger partial charge in [0.25, 0.3) is 5.91 Å². The highest BCUT2D eigenvalue weighted by Crippen LogP contribution is 2.29. The largest absolute Gasteiger partial charge is 0.489 e. The summed E-state index contributed by atoms with van der Waals surface area (Å²) in [7, 11) is -1.56. The Labute approximate surface area is 165 Å². The number of fused-ring (bicyclic) bond motifs is 1. The standard InChI is InChI=1S/C22H25BN2O3/c1-2-15-5-3-6-17(13-15)16-9-11-25(12-10-16)22(26)21-14-18-19(23(27)28)7-4-8-20(18)24-21/h3-8,13-14,16,24,27-28H,2,9-12H2,1H3. The van der Waals surface area contributed by atoms with Gasteiger partial charge in [-0.1, -0.05) is 43.3 Å². The molecule has 1 aromatic heterocycles. The van der Waals surface area contributed by atoms with Crippen LogP contribution in [-0.2, 0) is 6.42 Å². The first-order valence-electron chi connectivity index (χ1n) is 9.92. The molecule has 0 bridgehead atoms. The fourth-order valence-electron chi connectivity index (χ4n) is 4.17. The number of carbonyl (C=O) groups is 1. The molecular formula is C22H25BN2O3. The summed E-state index contributed by atoms with van der Waals surface area (Å²) in [5, 5.41) is 19.8. The summed E-state index contributed by atoms with van der Waals surface area (Å²) < 4.78 is 0. The number of rotatable bonds is 4. The van der Waals surface area contributed by atoms with Crippen LogP contribution < -0.4 is 5.46 Å². The second kappa shape index (κ2) is 7.82. The van der Waals surface area contributed by atoms with Crippen LogP contribution in [0.5, 0.6) is 0 Å². The summed E-state index contributed by atoms with van der Waals surface area (Å²) in [5.41, 5.74) is 4.37. The number of nitrogens with one attached hydrogen (secondary N) is 1. The average Bonchev–Trinajstić information content (AvgIpc) is 3.17. The Morgan fingerprint density at radius 1 is 1.14 bits per heavy atom. The van der Waals surface area contributed by atoms with Crippen molar-refractivity contribution in [2.75, 3.05) is 13.1 Å². The molecule has 1 saturated heterocycles. The average molecular weight is 376 g/mol. The van der Waals surface area contributed by atoms with Gasteiger partial charge in [-0.3, -0.25) is 4.79 Å². The summed E-state index contributed by atoms with van der Waals surface area (Å²) in [6, 6.07) is 15.7. The van der Waals surface area contributed by atoms with Crippen molar-refractivity contribution in [2.24, 2.45) is 0 Å². The van der Waals surface area contributed by atoms with Gasteiger partial charge in [-0.25, -0.2) is 0 Å². The van der Waals surface area contributed by atoms with Gasteiger partial charge in [0.2, 0.25) is 0 Å². The van der Waals surface area contributed by atoms with E-state index in [4.69, 9.17) is 0 Å². The molecule has 1 aliphatic heterocycles. The maximum Gasteiger partial charge on any atom is 0.489 e. The van der Waals surface area contributed by atoms with Crippen molar-refractivity contribution in [3.8, 4) is 0 Å². The number of H-pyrrole nitrogens is 1. The number of aromatic nitrogens is 1. The molecule has 3 N–H and O–H groups in total. The van der Waals surface area contributed by atoms with Crippen molar-refractivity contribution < 1.29 is 14.8 Å². The van der Waals surface area contributed by atoms with Gasteiger partial charge >= 0.3 is 7.12 Å². The van der Waals surface area contributed by atoms with Crippen LogP contribution >= 0.6 is 0 Å². The van der Waals surface area contributed by atoms with Gasteiger partial charge < -0.3 is 19.9 Å². The number of carbonyl (C=O) groups excluding carboxylic acids is 1. The number of likely N-dealkylation sites (tertiary alicyclic amines) is 1. The van der Waals surface area contributed by atoms with E-state index in [2.05, 4.69) is 36.2 Å². The number of hydrogen-bond donors (Lipinski definition) is 3. The van der Waals surface area contributed by atoms with Crippen molar-refractivity contribution in [1.82, 2.24) is 9.88 Å². The first kappa shape index (κ1) is 18.8. The molecule has 0 unspecified atom stereocenters. The minimum atomic E-state index is -1.56. The lowest BCUT2D eigenvalue weighted by Crippen LogP contribution is -2.38. The van der Waals surface area contributed by atoms with Crippen LogP contribution in [0.25, 0.3) is 10.9 Å². The third-order valence-corrected chi connectivity index (χ3v) is 5.82. The Morgan fingerprint density at radius 2 is 1.89 bits per heavy atom. The maximum atomic E-state index is 13.0. The third kappa shape index (κ3) is 3.58. The Balaban J connectivity index is 1.48. The number of aromatic amines is 1. The molecule has 0 aliphatic carbocycles. The molecule has 3 aromatic rings. The van der Waals surface area contributed by atoms with Crippen LogP contribution in [0.4, 0.5) is 0 Å². The molecule has 0 atom stereocenters. The molecule has 5 nitrogen and oxygen atoms in total. The first-order chi connectivity index (χ1) is 13.6. The third-order valence-electron chi connectivity index (χ3n) is 5.82. The number of hydrogen-bond acceptors (Lipinski definition) is 3. The van der Waals surface area contributed by atoms with Crippen molar-refractivity contribution in [1.29, 1.82) is 0 Å². The zero-order valence-corrected chi connectivity index (χ0v) is 16.1. The Morgan fingerprint density at radius 3 is 2.61 bits per heavy atom. The lowest BCUT2D eigenvalue weighted by Gasteiger charge is -2.32. The predicted octanol–water partition coefficient (Wildman–Crippen LogP) is 2.43. The molecule has 2 heterocycles. The quantitative estimate of drug-likeness (QED) is 0.612. The zero-order valence-electron chi connectivity index (χ0n) is 16.1. The Bertz CT molecular complexity index is 990. The van der Waals surface area contributed by atoms with E-state index in [9.17, 15) is 14.8 Å². The number of amides is 1. The fourth-order valence-corrected chi connectivity index (χ4v) is 4.17. The van der Waals surface area contributed by atoms with E-state index >= 15 is 0 Å². The number of nitrogens with zero attached hydrogens (tertiary/aromatic N) is 1. The van der Waals surface area contributed by atoms with Crippen molar-refractivity contribution in [3.05, 3.63) is 65.4 Å². The van der Waals surface area contributed by atoms with E-state index < -0.39 is 7.12 Å². The van der Waals surface area contributed by atoms with Gasteiger partial charge in [0.1, 0.15) is 5.69 Å². The highest BCUT2D eigenvalue weighted by molar-refractivity contribution is 6.62. The van der Waals surface area contributed by atoms with Gasteiger partial charge in [0, 0.05) is 18.6 Å². The molecule has 1 fully saturated rings. The van der Waals surface area contributed by atoms with Crippen molar-refractivity contribution >= 4 is 29.4 Å². The second-order valence-corrected chi connectivity index (χ2v) is 7.53. The molecule has 0 spiro atoms. The van der Waals surface area contributed by atoms with Gasteiger partial charge in [0.05, 0.1) is 0 Å². The van der Waals surface area contributed by atoms with Gasteiger partial charge in [-0.2, -0.15) is 0 Å². The molecule has 6 heteroatoms. The second-order valence-electron chi connectivity index (χ2n) is 7.53. The molecule has 2 aromatic carbocycles. The van der Waals surface area contributed by atoms with Crippen LogP contribution in [0.3, 0.4) is 0 Å². The highest BCUT2D eigenvalue weighted by Gasteiger charge is 2.26. The fraction of sp³-hybridized carbons (Fsp3) is 0.318. The maximum absolute atomic E-state index is 13.0. The molecule has 1 aliphatic rings. The molecule has 0 saturated carbocycles. The van der Waals surface area contributed by atoms with E-state index in [0.29, 0.717) is 22.5 Å². The summed E-state index contributed by atoms with van der Waals surface area (Å²) in [6.45, 7) is 3.62. The van der Waals surface area contributed by atoms with Crippen LogP contribution in [0.15, 0.2) is 48.5 Å². The van der Waals surface area contributed by atoms with Crippen molar-refractivity contribution in [3.63, 3.8) is 0 Å².